The normalized spacial score (nSPS) is 10.4. The maximum atomic E-state index is 11.3. The zero-order valence-corrected chi connectivity index (χ0v) is 13.5. The van der Waals surface area contributed by atoms with Gasteiger partial charge in [0.15, 0.2) is 5.78 Å². The number of aromatic nitrogens is 2. The van der Waals surface area contributed by atoms with Gasteiger partial charge >= 0.3 is 0 Å². The van der Waals surface area contributed by atoms with Crippen LogP contribution >= 0.6 is 0 Å². The van der Waals surface area contributed by atoms with Crippen molar-refractivity contribution in [2.24, 2.45) is 0 Å². The number of Topliss-reactive ketones (excluding diaryl/α,β-unsaturated/α-hetero) is 1. The van der Waals surface area contributed by atoms with Gasteiger partial charge in [-0.05, 0) is 50.2 Å². The molecule has 0 saturated heterocycles. The zero-order chi connectivity index (χ0) is 16.9. The maximum Gasteiger partial charge on any atom is 0.159 e. The minimum atomic E-state index is 0.0452. The second-order valence-corrected chi connectivity index (χ2v) is 5.38. The van der Waals surface area contributed by atoms with E-state index in [-0.39, 0.29) is 5.78 Å². The molecule has 2 N–H and O–H groups in total. The topological polar surface area (TPSA) is 80.0 Å². The van der Waals surface area contributed by atoms with Crippen LogP contribution in [-0.2, 0) is 6.54 Å². The highest BCUT2D eigenvalue weighted by molar-refractivity contribution is 5.94. The maximum absolute atomic E-state index is 11.3. The van der Waals surface area contributed by atoms with Crippen LogP contribution in [0.25, 0.3) is 0 Å². The molecular weight excluding hydrogens is 304 g/mol. The monoisotopic (exact) mass is 322 g/mol. The molecule has 3 aromatic rings. The number of aryl methyl sites for hydroxylation is 1. The predicted molar refractivity (Wildman–Crippen MR) is 92.5 cm³/mol. The number of benzene rings is 1. The molecule has 0 bridgehead atoms. The molecule has 0 amide bonds. The van der Waals surface area contributed by atoms with Gasteiger partial charge in [0.05, 0.1) is 12.8 Å². The summed E-state index contributed by atoms with van der Waals surface area (Å²) >= 11 is 0. The molecule has 0 spiro atoms. The van der Waals surface area contributed by atoms with Crippen LogP contribution in [0.5, 0.6) is 0 Å². The summed E-state index contributed by atoms with van der Waals surface area (Å²) in [5, 5.41) is 6.43. The Balaban J connectivity index is 1.72. The quantitative estimate of drug-likeness (QED) is 0.669. The average Bonchev–Trinajstić information content (AvgIpc) is 3.06. The summed E-state index contributed by atoms with van der Waals surface area (Å²) < 4.78 is 5.29. The van der Waals surface area contributed by atoms with E-state index in [9.17, 15) is 4.79 Å². The van der Waals surface area contributed by atoms with Crippen LogP contribution in [0.3, 0.4) is 0 Å². The summed E-state index contributed by atoms with van der Waals surface area (Å²) in [6.45, 7) is 3.94. The molecule has 0 aliphatic rings. The first-order valence-electron chi connectivity index (χ1n) is 7.60. The van der Waals surface area contributed by atoms with Crippen LogP contribution in [0.4, 0.5) is 17.3 Å². The molecule has 2 aromatic heterocycles. The molecule has 1 aromatic carbocycles. The van der Waals surface area contributed by atoms with Crippen molar-refractivity contribution in [1.29, 1.82) is 0 Å². The highest BCUT2D eigenvalue weighted by atomic mass is 16.3. The Morgan fingerprint density at radius 1 is 1.12 bits per heavy atom. The van der Waals surface area contributed by atoms with Crippen LogP contribution in [0, 0.1) is 6.92 Å². The second-order valence-electron chi connectivity index (χ2n) is 5.38. The number of hydrogen-bond donors (Lipinski definition) is 2. The van der Waals surface area contributed by atoms with E-state index in [0.29, 0.717) is 29.6 Å². The summed E-state index contributed by atoms with van der Waals surface area (Å²) in [7, 11) is 0. The summed E-state index contributed by atoms with van der Waals surface area (Å²) in [6.07, 6.45) is 1.64. The van der Waals surface area contributed by atoms with Crippen molar-refractivity contribution in [3.05, 3.63) is 65.9 Å². The zero-order valence-electron chi connectivity index (χ0n) is 13.5. The number of furan rings is 1. The first kappa shape index (κ1) is 15.7. The average molecular weight is 322 g/mol. The fourth-order valence-corrected chi connectivity index (χ4v) is 2.25. The first-order chi connectivity index (χ1) is 11.6. The van der Waals surface area contributed by atoms with E-state index in [1.54, 1.807) is 25.3 Å². The van der Waals surface area contributed by atoms with Crippen LogP contribution in [0.15, 0.2) is 53.1 Å². The minimum absolute atomic E-state index is 0.0452. The van der Waals surface area contributed by atoms with Crippen molar-refractivity contribution in [3.63, 3.8) is 0 Å². The molecule has 24 heavy (non-hydrogen) atoms. The van der Waals surface area contributed by atoms with Crippen LogP contribution in [0.1, 0.15) is 28.9 Å². The van der Waals surface area contributed by atoms with Gasteiger partial charge in [-0.15, -0.1) is 0 Å². The Hall–Kier alpha value is -3.15. The number of nitrogens with one attached hydrogen (secondary N) is 2. The molecule has 0 aliphatic heterocycles. The molecule has 0 saturated carbocycles. The number of rotatable bonds is 6. The lowest BCUT2D eigenvalue weighted by molar-refractivity contribution is 0.101. The Morgan fingerprint density at radius 3 is 2.54 bits per heavy atom. The van der Waals surface area contributed by atoms with Gasteiger partial charge in [0, 0.05) is 17.3 Å². The lowest BCUT2D eigenvalue weighted by Crippen LogP contribution is -2.04. The van der Waals surface area contributed by atoms with E-state index in [4.69, 9.17) is 4.42 Å². The molecule has 2 heterocycles. The Morgan fingerprint density at radius 2 is 1.88 bits per heavy atom. The van der Waals surface area contributed by atoms with Gasteiger partial charge in [0.2, 0.25) is 0 Å². The molecule has 0 radical (unpaired) electrons. The van der Waals surface area contributed by atoms with E-state index >= 15 is 0 Å². The molecule has 0 aliphatic carbocycles. The third-order valence-corrected chi connectivity index (χ3v) is 3.43. The summed E-state index contributed by atoms with van der Waals surface area (Å²) in [6, 6.07) is 12.9. The smallest absolute Gasteiger partial charge is 0.159 e. The number of nitrogens with zero attached hydrogens (tertiary/aromatic N) is 2. The largest absolute Gasteiger partial charge is 0.467 e. The van der Waals surface area contributed by atoms with Crippen LogP contribution < -0.4 is 10.6 Å². The van der Waals surface area contributed by atoms with Gasteiger partial charge in [-0.25, -0.2) is 9.97 Å². The first-order valence-corrected chi connectivity index (χ1v) is 7.60. The third-order valence-electron chi connectivity index (χ3n) is 3.43. The van der Waals surface area contributed by atoms with Crippen molar-refractivity contribution in [2.75, 3.05) is 10.6 Å². The fourth-order valence-electron chi connectivity index (χ4n) is 2.25. The van der Waals surface area contributed by atoms with Crippen molar-refractivity contribution >= 4 is 23.1 Å². The van der Waals surface area contributed by atoms with E-state index in [1.165, 1.54) is 0 Å². The molecule has 122 valence electrons. The lowest BCUT2D eigenvalue weighted by atomic mass is 10.1. The number of hydrogen-bond acceptors (Lipinski definition) is 6. The van der Waals surface area contributed by atoms with Crippen molar-refractivity contribution in [3.8, 4) is 0 Å². The van der Waals surface area contributed by atoms with Crippen molar-refractivity contribution in [1.82, 2.24) is 9.97 Å². The highest BCUT2D eigenvalue weighted by Crippen LogP contribution is 2.18. The lowest BCUT2D eigenvalue weighted by Gasteiger charge is -2.10. The SMILES string of the molecule is CC(=O)c1ccc(Nc2cc(NCc3ccco3)nc(C)n2)cc1. The molecule has 0 fully saturated rings. The number of ketones is 1. The Bertz CT molecular complexity index is 827. The summed E-state index contributed by atoms with van der Waals surface area (Å²) in [4.78, 5) is 20.1. The number of carbonyl (C=O) groups is 1. The molecule has 3 rings (SSSR count). The third kappa shape index (κ3) is 3.98. The molecule has 0 atom stereocenters. The van der Waals surface area contributed by atoms with Gasteiger partial charge in [-0.3, -0.25) is 4.79 Å². The van der Waals surface area contributed by atoms with Gasteiger partial charge in [0.25, 0.3) is 0 Å². The van der Waals surface area contributed by atoms with Gasteiger partial charge in [0.1, 0.15) is 23.2 Å². The predicted octanol–water partition coefficient (Wildman–Crippen LogP) is 3.94. The van der Waals surface area contributed by atoms with Crippen LogP contribution in [0.2, 0.25) is 0 Å². The molecular formula is C18H18N4O2. The van der Waals surface area contributed by atoms with Crippen molar-refractivity contribution in [2.45, 2.75) is 20.4 Å². The summed E-state index contributed by atoms with van der Waals surface area (Å²) in [5.41, 5.74) is 1.54. The van der Waals surface area contributed by atoms with E-state index < -0.39 is 0 Å². The van der Waals surface area contributed by atoms with Gasteiger partial charge in [-0.2, -0.15) is 0 Å². The van der Waals surface area contributed by atoms with E-state index in [1.807, 2.05) is 37.3 Å². The molecule has 0 unspecified atom stereocenters. The number of carbonyl (C=O) groups excluding carboxylic acids is 1. The van der Waals surface area contributed by atoms with Crippen LogP contribution in [-0.4, -0.2) is 15.8 Å². The van der Waals surface area contributed by atoms with Crippen molar-refractivity contribution < 1.29 is 9.21 Å². The minimum Gasteiger partial charge on any atom is -0.467 e. The molecule has 6 heteroatoms. The fraction of sp³-hybridized carbons (Fsp3) is 0.167. The van der Waals surface area contributed by atoms with Gasteiger partial charge < -0.3 is 15.1 Å². The van der Waals surface area contributed by atoms with E-state index in [2.05, 4.69) is 20.6 Å². The second kappa shape index (κ2) is 6.95. The Kier molecular flexibility index (Phi) is 4.56. The van der Waals surface area contributed by atoms with Gasteiger partial charge in [-0.1, -0.05) is 0 Å². The standard InChI is InChI=1S/C18H18N4O2/c1-12(23)14-5-7-15(8-6-14)22-18-10-17(20-13(2)21-18)19-11-16-4-3-9-24-16/h3-10H,11H2,1-2H3,(H2,19,20,21,22). The Labute approximate surface area is 140 Å². The summed E-state index contributed by atoms with van der Waals surface area (Å²) in [5.74, 6) is 2.92. The number of anilines is 3. The molecule has 6 nitrogen and oxygen atoms in total. The highest BCUT2D eigenvalue weighted by Gasteiger charge is 2.04. The van der Waals surface area contributed by atoms with E-state index in [0.717, 1.165) is 11.4 Å².